The van der Waals surface area contributed by atoms with Gasteiger partial charge < -0.3 is 10.4 Å². The number of nitrogens with zero attached hydrogens (tertiary/aromatic N) is 1. The molecule has 2 amide bonds. The normalized spacial score (nSPS) is 9.10. The third-order valence-electron chi connectivity index (χ3n) is 2.25. The molecule has 0 radical (unpaired) electrons. The van der Waals surface area contributed by atoms with Gasteiger partial charge in [-0.2, -0.15) is 0 Å². The highest BCUT2D eigenvalue weighted by Gasteiger charge is 2.14. The van der Waals surface area contributed by atoms with Crippen LogP contribution >= 0.6 is 0 Å². The summed E-state index contributed by atoms with van der Waals surface area (Å²) in [5.74, 6) is 3.10. The quantitative estimate of drug-likeness (QED) is 0.415. The van der Waals surface area contributed by atoms with E-state index in [1.54, 1.807) is 24.3 Å². The minimum absolute atomic E-state index is 0.0545. The van der Waals surface area contributed by atoms with Crippen LogP contribution in [0.2, 0.25) is 0 Å². The van der Waals surface area contributed by atoms with Crippen LogP contribution in [0.3, 0.4) is 0 Å². The van der Waals surface area contributed by atoms with Crippen LogP contribution in [-0.2, 0) is 14.4 Å². The molecule has 0 aliphatic carbocycles. The monoisotopic (exact) mass is 295 g/mol. The largest absolute Gasteiger partial charge is 0.480 e. The summed E-state index contributed by atoms with van der Waals surface area (Å²) in [4.78, 5) is 33.3. The Balaban J connectivity index is 0.00000191. The van der Waals surface area contributed by atoms with E-state index in [1.165, 1.54) is 0 Å². The second kappa shape index (κ2) is 10.4. The fourth-order valence-electron chi connectivity index (χ4n) is 1.34. The Morgan fingerprint density at radius 1 is 1.14 bits per heavy atom. The highest BCUT2D eigenvalue weighted by Crippen LogP contribution is 2.06. The molecule has 0 bridgehead atoms. The van der Waals surface area contributed by atoms with Crippen LogP contribution in [0.1, 0.15) is 26.7 Å². The highest BCUT2D eigenvalue weighted by atomic mass is 16.4. The molecule has 1 rings (SSSR count). The molecular formula is C14H21N3O4. The van der Waals surface area contributed by atoms with Crippen LogP contribution in [0.4, 0.5) is 5.69 Å². The molecule has 0 saturated heterocycles. The number of benzene rings is 1. The van der Waals surface area contributed by atoms with E-state index in [0.29, 0.717) is 10.7 Å². The zero-order valence-corrected chi connectivity index (χ0v) is 12.2. The van der Waals surface area contributed by atoms with E-state index in [-0.39, 0.29) is 18.7 Å². The van der Waals surface area contributed by atoms with Gasteiger partial charge in [0.05, 0.1) is 0 Å². The number of carbonyl (C=O) groups excluding carboxylic acids is 2. The van der Waals surface area contributed by atoms with Crippen molar-refractivity contribution in [2.75, 3.05) is 11.9 Å². The first-order valence-corrected chi connectivity index (χ1v) is 6.61. The molecule has 0 aliphatic rings. The molecule has 7 heteroatoms. The van der Waals surface area contributed by atoms with Crippen molar-refractivity contribution in [2.24, 2.45) is 5.84 Å². The van der Waals surface area contributed by atoms with Gasteiger partial charge in [0.2, 0.25) is 11.8 Å². The fourth-order valence-corrected chi connectivity index (χ4v) is 1.34. The van der Waals surface area contributed by atoms with Crippen LogP contribution in [0, 0.1) is 0 Å². The molecular weight excluding hydrogens is 274 g/mol. The number of amides is 2. The summed E-state index contributed by atoms with van der Waals surface area (Å²) in [6, 6.07) is 8.81. The lowest BCUT2D eigenvalue weighted by Crippen LogP contribution is -2.41. The van der Waals surface area contributed by atoms with Gasteiger partial charge in [-0.15, -0.1) is 0 Å². The van der Waals surface area contributed by atoms with Crippen LogP contribution < -0.4 is 11.2 Å². The van der Waals surface area contributed by atoms with Crippen molar-refractivity contribution in [2.45, 2.75) is 26.7 Å². The molecule has 0 atom stereocenters. The molecule has 0 saturated carbocycles. The summed E-state index contributed by atoms with van der Waals surface area (Å²) in [5.41, 5.74) is 0.634. The molecule has 116 valence electrons. The summed E-state index contributed by atoms with van der Waals surface area (Å²) in [5, 5.41) is 11.6. The van der Waals surface area contributed by atoms with Crippen LogP contribution in [-0.4, -0.2) is 34.4 Å². The molecule has 7 nitrogen and oxygen atoms in total. The Morgan fingerprint density at radius 2 is 1.71 bits per heavy atom. The lowest BCUT2D eigenvalue weighted by atomic mass is 10.2. The SMILES string of the molecule is CC.NN(CC(=O)O)C(=O)CCC(=O)Nc1ccccc1. The van der Waals surface area contributed by atoms with Crippen molar-refractivity contribution in [3.63, 3.8) is 0 Å². The van der Waals surface area contributed by atoms with Gasteiger partial charge in [-0.1, -0.05) is 32.0 Å². The molecule has 0 spiro atoms. The standard InChI is InChI=1S/C12H15N3O4.C2H6/c13-15(8-12(18)19)11(17)7-6-10(16)14-9-4-2-1-3-5-9;1-2/h1-5H,6-8,13H2,(H,14,16)(H,18,19);1-2H3. The van der Waals surface area contributed by atoms with E-state index in [4.69, 9.17) is 10.9 Å². The van der Waals surface area contributed by atoms with Gasteiger partial charge in [0.25, 0.3) is 0 Å². The van der Waals surface area contributed by atoms with Gasteiger partial charge in [0, 0.05) is 18.5 Å². The molecule has 0 aromatic heterocycles. The first-order valence-electron chi connectivity index (χ1n) is 6.61. The number of carboxylic acids is 1. The van der Waals surface area contributed by atoms with Crippen molar-refractivity contribution in [3.8, 4) is 0 Å². The van der Waals surface area contributed by atoms with Crippen molar-refractivity contribution in [3.05, 3.63) is 30.3 Å². The number of hydrogen-bond donors (Lipinski definition) is 3. The molecule has 4 N–H and O–H groups in total. The number of para-hydroxylation sites is 1. The summed E-state index contributed by atoms with van der Waals surface area (Å²) >= 11 is 0. The van der Waals surface area contributed by atoms with E-state index in [9.17, 15) is 14.4 Å². The highest BCUT2D eigenvalue weighted by molar-refractivity contribution is 5.93. The van der Waals surface area contributed by atoms with E-state index in [2.05, 4.69) is 5.32 Å². The van der Waals surface area contributed by atoms with E-state index < -0.39 is 18.4 Å². The van der Waals surface area contributed by atoms with Crippen LogP contribution in [0.5, 0.6) is 0 Å². The number of anilines is 1. The maximum Gasteiger partial charge on any atom is 0.324 e. The average molecular weight is 295 g/mol. The number of hydrazine groups is 1. The molecule has 0 heterocycles. The lowest BCUT2D eigenvalue weighted by molar-refractivity contribution is -0.144. The van der Waals surface area contributed by atoms with E-state index in [1.807, 2.05) is 19.9 Å². The number of nitrogens with two attached hydrogens (primary N) is 1. The smallest absolute Gasteiger partial charge is 0.324 e. The predicted molar refractivity (Wildman–Crippen MR) is 79.2 cm³/mol. The average Bonchev–Trinajstić information content (AvgIpc) is 2.47. The number of carbonyl (C=O) groups is 3. The number of carboxylic acid groups (broad SMARTS) is 1. The van der Waals surface area contributed by atoms with E-state index in [0.717, 1.165) is 0 Å². The first-order chi connectivity index (χ1) is 9.99. The molecule has 0 aliphatic heterocycles. The predicted octanol–water partition coefficient (Wildman–Crippen LogP) is 1.22. The van der Waals surface area contributed by atoms with Crippen molar-refractivity contribution < 1.29 is 19.5 Å². The van der Waals surface area contributed by atoms with Gasteiger partial charge in [-0.25, -0.2) is 5.84 Å². The molecule has 1 aromatic rings. The van der Waals surface area contributed by atoms with Crippen LogP contribution in [0.25, 0.3) is 0 Å². The Kier molecular flexibility index (Phi) is 9.19. The van der Waals surface area contributed by atoms with Crippen molar-refractivity contribution >= 4 is 23.5 Å². The molecule has 0 unspecified atom stereocenters. The van der Waals surface area contributed by atoms with Gasteiger partial charge in [0.15, 0.2) is 0 Å². The van der Waals surface area contributed by atoms with Gasteiger partial charge in [-0.05, 0) is 12.1 Å². The number of aliphatic carboxylic acids is 1. The Morgan fingerprint density at radius 3 is 2.24 bits per heavy atom. The van der Waals surface area contributed by atoms with Crippen molar-refractivity contribution in [1.29, 1.82) is 0 Å². The van der Waals surface area contributed by atoms with Crippen molar-refractivity contribution in [1.82, 2.24) is 5.01 Å². The van der Waals surface area contributed by atoms with Gasteiger partial charge in [0.1, 0.15) is 6.54 Å². The lowest BCUT2D eigenvalue weighted by Gasteiger charge is -2.13. The second-order valence-electron chi connectivity index (χ2n) is 3.83. The minimum atomic E-state index is -1.20. The summed E-state index contributed by atoms with van der Waals surface area (Å²) in [7, 11) is 0. The van der Waals surface area contributed by atoms with Crippen LogP contribution in [0.15, 0.2) is 30.3 Å². The van der Waals surface area contributed by atoms with Gasteiger partial charge >= 0.3 is 5.97 Å². The molecule has 0 fully saturated rings. The summed E-state index contributed by atoms with van der Waals surface area (Å²) in [6.45, 7) is 3.42. The minimum Gasteiger partial charge on any atom is -0.480 e. The molecule has 21 heavy (non-hydrogen) atoms. The first kappa shape index (κ1) is 18.6. The number of hydrogen-bond acceptors (Lipinski definition) is 4. The molecule has 1 aromatic carbocycles. The zero-order chi connectivity index (χ0) is 16.3. The van der Waals surface area contributed by atoms with Gasteiger partial charge in [-0.3, -0.25) is 19.4 Å². The topological polar surface area (TPSA) is 113 Å². The summed E-state index contributed by atoms with van der Waals surface area (Å²) < 4.78 is 0. The maximum absolute atomic E-state index is 11.5. The zero-order valence-electron chi connectivity index (χ0n) is 12.2. The number of rotatable bonds is 6. The Labute approximate surface area is 123 Å². The third kappa shape index (κ3) is 8.38. The fraction of sp³-hybridized carbons (Fsp3) is 0.357. The van der Waals surface area contributed by atoms with E-state index >= 15 is 0 Å². The third-order valence-corrected chi connectivity index (χ3v) is 2.25. The summed E-state index contributed by atoms with van der Waals surface area (Å²) in [6.07, 6.45) is -0.191. The second-order valence-corrected chi connectivity index (χ2v) is 3.83. The maximum atomic E-state index is 11.5. The Hall–Kier alpha value is -2.41. The Bertz CT molecular complexity index is 463. The number of nitrogens with one attached hydrogen (secondary N) is 1.